The number of aromatic nitrogens is 2. The second-order valence-electron chi connectivity index (χ2n) is 7.24. The highest BCUT2D eigenvalue weighted by molar-refractivity contribution is 5.78. The molecule has 1 fully saturated rings. The molecule has 2 atom stereocenters. The van der Waals surface area contributed by atoms with Gasteiger partial charge in [-0.1, -0.05) is 47.0 Å². The van der Waals surface area contributed by atoms with Crippen LogP contribution in [-0.2, 0) is 4.79 Å². The molecule has 0 radical (unpaired) electrons. The minimum atomic E-state index is -0.202. The van der Waals surface area contributed by atoms with Crippen LogP contribution < -0.4 is 11.1 Å². The first kappa shape index (κ1) is 17.7. The Morgan fingerprint density at radius 3 is 2.43 bits per heavy atom. The first-order valence-corrected chi connectivity index (χ1v) is 8.83. The largest absolute Gasteiger partial charge is 0.369 e. The molecule has 1 aliphatic rings. The van der Waals surface area contributed by atoms with Crippen LogP contribution in [-0.4, -0.2) is 21.9 Å². The number of anilines is 1. The van der Waals surface area contributed by atoms with E-state index >= 15 is 0 Å². The van der Waals surface area contributed by atoms with Gasteiger partial charge in [-0.2, -0.15) is 0 Å². The average Bonchev–Trinajstić information content (AvgIpc) is 2.72. The summed E-state index contributed by atoms with van der Waals surface area (Å²) in [4.78, 5) is 21.1. The SMILES string of the molecule is CC(C)c1cc(NC2CCCCCC2C(N)=O)nc(C(C)C)n1. The highest BCUT2D eigenvalue weighted by Crippen LogP contribution is 2.27. The lowest BCUT2D eigenvalue weighted by molar-refractivity contribution is -0.122. The van der Waals surface area contributed by atoms with Gasteiger partial charge in [0.15, 0.2) is 0 Å². The Bertz CT molecular complexity index is 516. The van der Waals surface area contributed by atoms with Crippen LogP contribution in [0.5, 0.6) is 0 Å². The Balaban J connectivity index is 2.27. The van der Waals surface area contributed by atoms with E-state index in [1.165, 1.54) is 6.42 Å². The van der Waals surface area contributed by atoms with Gasteiger partial charge in [0, 0.05) is 23.7 Å². The third-order valence-electron chi connectivity index (χ3n) is 4.59. The molecule has 5 heteroatoms. The van der Waals surface area contributed by atoms with Crippen molar-refractivity contribution in [2.75, 3.05) is 5.32 Å². The molecule has 2 rings (SSSR count). The smallest absolute Gasteiger partial charge is 0.222 e. The van der Waals surface area contributed by atoms with Crippen molar-refractivity contribution in [2.24, 2.45) is 11.7 Å². The van der Waals surface area contributed by atoms with Crippen LogP contribution in [0.15, 0.2) is 6.07 Å². The van der Waals surface area contributed by atoms with Crippen molar-refractivity contribution < 1.29 is 4.79 Å². The van der Waals surface area contributed by atoms with Crippen LogP contribution in [0.1, 0.15) is 83.2 Å². The standard InChI is InChI=1S/C18H30N4O/c1-11(2)15-10-16(22-18(21-15)12(3)4)20-14-9-7-5-6-8-13(14)17(19)23/h10-14H,5-9H2,1-4H3,(H2,19,23)(H,20,21,22). The molecule has 1 aromatic heterocycles. The van der Waals surface area contributed by atoms with Crippen LogP contribution >= 0.6 is 0 Å². The zero-order valence-corrected chi connectivity index (χ0v) is 14.8. The second kappa shape index (κ2) is 7.75. The second-order valence-corrected chi connectivity index (χ2v) is 7.24. The number of carbonyl (C=O) groups excluding carboxylic acids is 1. The summed E-state index contributed by atoms with van der Waals surface area (Å²) in [7, 11) is 0. The van der Waals surface area contributed by atoms with Gasteiger partial charge in [0.05, 0.1) is 5.92 Å². The highest BCUT2D eigenvalue weighted by atomic mass is 16.1. The van der Waals surface area contributed by atoms with Gasteiger partial charge < -0.3 is 11.1 Å². The van der Waals surface area contributed by atoms with E-state index in [-0.39, 0.29) is 23.8 Å². The number of hydrogen-bond acceptors (Lipinski definition) is 4. The number of nitrogens with zero attached hydrogens (tertiary/aromatic N) is 2. The topological polar surface area (TPSA) is 80.9 Å². The van der Waals surface area contributed by atoms with Crippen molar-refractivity contribution >= 4 is 11.7 Å². The predicted molar refractivity (Wildman–Crippen MR) is 93.4 cm³/mol. The molecule has 5 nitrogen and oxygen atoms in total. The Kier molecular flexibility index (Phi) is 5.97. The number of rotatable bonds is 5. The molecule has 1 amide bonds. The molecule has 0 aromatic carbocycles. The van der Waals surface area contributed by atoms with Crippen molar-refractivity contribution in [3.8, 4) is 0 Å². The molecule has 128 valence electrons. The first-order chi connectivity index (χ1) is 10.9. The molecule has 23 heavy (non-hydrogen) atoms. The van der Waals surface area contributed by atoms with Crippen molar-refractivity contribution in [2.45, 2.75) is 77.7 Å². The summed E-state index contributed by atoms with van der Waals surface area (Å²) in [5, 5.41) is 3.49. The lowest BCUT2D eigenvalue weighted by atomic mass is 9.94. The summed E-state index contributed by atoms with van der Waals surface area (Å²) in [5.74, 6) is 1.98. The molecule has 1 saturated carbocycles. The van der Waals surface area contributed by atoms with Crippen LogP contribution in [0.25, 0.3) is 0 Å². The maximum atomic E-state index is 11.8. The van der Waals surface area contributed by atoms with Crippen molar-refractivity contribution in [1.82, 2.24) is 9.97 Å². The molecule has 2 unspecified atom stereocenters. The third-order valence-corrected chi connectivity index (χ3v) is 4.59. The van der Waals surface area contributed by atoms with E-state index in [1.54, 1.807) is 0 Å². The number of hydrogen-bond donors (Lipinski definition) is 2. The van der Waals surface area contributed by atoms with Gasteiger partial charge in [-0.05, 0) is 18.8 Å². The van der Waals surface area contributed by atoms with Crippen LogP contribution in [0.3, 0.4) is 0 Å². The zero-order valence-electron chi connectivity index (χ0n) is 14.8. The summed E-state index contributed by atoms with van der Waals surface area (Å²) in [5.41, 5.74) is 6.66. The van der Waals surface area contributed by atoms with Crippen molar-refractivity contribution in [1.29, 1.82) is 0 Å². The normalized spacial score (nSPS) is 22.2. The van der Waals surface area contributed by atoms with E-state index < -0.39 is 0 Å². The lowest BCUT2D eigenvalue weighted by Gasteiger charge is -2.25. The van der Waals surface area contributed by atoms with Crippen LogP contribution in [0, 0.1) is 5.92 Å². The van der Waals surface area contributed by atoms with Crippen LogP contribution in [0.4, 0.5) is 5.82 Å². The monoisotopic (exact) mass is 318 g/mol. The van der Waals surface area contributed by atoms with Gasteiger partial charge >= 0.3 is 0 Å². The lowest BCUT2D eigenvalue weighted by Crippen LogP contribution is -2.38. The molecule has 1 aromatic rings. The summed E-state index contributed by atoms with van der Waals surface area (Å²) < 4.78 is 0. The Morgan fingerprint density at radius 1 is 1.13 bits per heavy atom. The summed E-state index contributed by atoms with van der Waals surface area (Å²) in [6.45, 7) is 8.46. The molecule has 0 saturated heterocycles. The van der Waals surface area contributed by atoms with E-state index in [2.05, 4.69) is 43.0 Å². The third kappa shape index (κ3) is 4.66. The molecule has 1 heterocycles. The number of amides is 1. The molecular formula is C18H30N4O. The molecule has 0 aliphatic heterocycles. The van der Waals surface area contributed by atoms with Gasteiger partial charge in [-0.15, -0.1) is 0 Å². The minimum Gasteiger partial charge on any atom is -0.369 e. The van der Waals surface area contributed by atoms with Crippen molar-refractivity contribution in [3.05, 3.63) is 17.6 Å². The Labute approximate surface area is 139 Å². The summed E-state index contributed by atoms with van der Waals surface area (Å²) in [6, 6.07) is 2.09. The Morgan fingerprint density at radius 2 is 1.83 bits per heavy atom. The Hall–Kier alpha value is -1.65. The maximum absolute atomic E-state index is 11.8. The zero-order chi connectivity index (χ0) is 17.0. The van der Waals surface area contributed by atoms with Gasteiger partial charge in [0.2, 0.25) is 5.91 Å². The fourth-order valence-corrected chi connectivity index (χ4v) is 3.12. The quantitative estimate of drug-likeness (QED) is 0.813. The number of nitrogens with two attached hydrogens (primary N) is 1. The minimum absolute atomic E-state index is 0.0740. The number of primary amides is 1. The molecule has 1 aliphatic carbocycles. The predicted octanol–water partition coefficient (Wildman–Crippen LogP) is 3.57. The number of carbonyl (C=O) groups is 1. The van der Waals surface area contributed by atoms with E-state index in [1.807, 2.05) is 6.07 Å². The van der Waals surface area contributed by atoms with Gasteiger partial charge in [-0.3, -0.25) is 4.79 Å². The number of nitrogens with one attached hydrogen (secondary N) is 1. The summed E-state index contributed by atoms with van der Waals surface area (Å²) in [6.07, 6.45) is 5.20. The van der Waals surface area contributed by atoms with Gasteiger partial charge in [0.25, 0.3) is 0 Å². The van der Waals surface area contributed by atoms with E-state index in [0.29, 0.717) is 5.92 Å². The summed E-state index contributed by atoms with van der Waals surface area (Å²) >= 11 is 0. The van der Waals surface area contributed by atoms with Gasteiger partial charge in [0.1, 0.15) is 11.6 Å². The van der Waals surface area contributed by atoms with Gasteiger partial charge in [-0.25, -0.2) is 9.97 Å². The molecule has 0 bridgehead atoms. The fraction of sp³-hybridized carbons (Fsp3) is 0.722. The fourth-order valence-electron chi connectivity index (χ4n) is 3.12. The molecular weight excluding hydrogens is 288 g/mol. The van der Waals surface area contributed by atoms with Crippen molar-refractivity contribution in [3.63, 3.8) is 0 Å². The van der Waals surface area contributed by atoms with E-state index in [0.717, 1.165) is 43.0 Å². The van der Waals surface area contributed by atoms with E-state index in [9.17, 15) is 4.79 Å². The van der Waals surface area contributed by atoms with E-state index in [4.69, 9.17) is 5.73 Å². The molecule has 3 N–H and O–H groups in total. The average molecular weight is 318 g/mol. The maximum Gasteiger partial charge on any atom is 0.222 e. The first-order valence-electron chi connectivity index (χ1n) is 8.83. The molecule has 0 spiro atoms. The van der Waals surface area contributed by atoms with Crippen LogP contribution in [0.2, 0.25) is 0 Å². The highest BCUT2D eigenvalue weighted by Gasteiger charge is 2.28.